The number of methoxy groups -OCH3 is 1. The molecule has 1 N–H and O–H groups in total. The molecule has 152 valence electrons. The predicted molar refractivity (Wildman–Crippen MR) is 118 cm³/mol. The van der Waals surface area contributed by atoms with E-state index < -0.39 is 12.0 Å². The summed E-state index contributed by atoms with van der Waals surface area (Å²) in [6, 6.07) is 13.7. The third-order valence-electron chi connectivity index (χ3n) is 4.82. The van der Waals surface area contributed by atoms with Gasteiger partial charge in [0.2, 0.25) is 0 Å². The number of carbonyl (C=O) groups is 1. The second kappa shape index (κ2) is 8.04. The number of nitrogens with zero attached hydrogens (tertiary/aromatic N) is 2. The number of hydrogen-bond acceptors (Lipinski definition) is 6. The van der Waals surface area contributed by atoms with Crippen molar-refractivity contribution in [1.29, 1.82) is 0 Å². The van der Waals surface area contributed by atoms with Gasteiger partial charge in [-0.05, 0) is 36.8 Å². The molecule has 0 unspecified atom stereocenters. The Kier molecular flexibility index (Phi) is 5.44. The zero-order valence-electron chi connectivity index (χ0n) is 16.1. The van der Waals surface area contributed by atoms with Crippen LogP contribution in [0.2, 0.25) is 0 Å². The van der Waals surface area contributed by atoms with Crippen molar-refractivity contribution in [1.82, 2.24) is 4.57 Å². The van der Waals surface area contributed by atoms with Gasteiger partial charge in [-0.2, -0.15) is 0 Å². The molecule has 0 aliphatic carbocycles. The lowest BCUT2D eigenvalue weighted by molar-refractivity contribution is -0.136. The molecule has 2 heterocycles. The van der Waals surface area contributed by atoms with Crippen LogP contribution in [0.25, 0.3) is 6.08 Å². The summed E-state index contributed by atoms with van der Waals surface area (Å²) in [6.07, 6.45) is 1.63. The Hall–Kier alpha value is -2.97. The van der Waals surface area contributed by atoms with Gasteiger partial charge >= 0.3 is 5.97 Å². The molecule has 0 spiro atoms. The first-order valence-electron chi connectivity index (χ1n) is 9.05. The monoisotopic (exact) mass is 484 g/mol. The molecule has 0 radical (unpaired) electrons. The number of carbonyl (C=O) groups excluding carboxylic acids is 1. The van der Waals surface area contributed by atoms with Crippen molar-refractivity contribution >= 4 is 39.3 Å². The molecule has 1 aliphatic heterocycles. The van der Waals surface area contributed by atoms with Crippen molar-refractivity contribution in [2.45, 2.75) is 13.0 Å². The highest BCUT2D eigenvalue weighted by molar-refractivity contribution is 9.10. The highest BCUT2D eigenvalue weighted by atomic mass is 79.9. The summed E-state index contributed by atoms with van der Waals surface area (Å²) < 4.78 is 7.68. The molecule has 6 nitrogen and oxygen atoms in total. The lowest BCUT2D eigenvalue weighted by Gasteiger charge is -2.24. The Morgan fingerprint density at radius 1 is 1.27 bits per heavy atom. The summed E-state index contributed by atoms with van der Waals surface area (Å²) in [4.78, 5) is 30.9. The van der Waals surface area contributed by atoms with E-state index in [1.807, 2.05) is 30.3 Å². The van der Waals surface area contributed by atoms with E-state index in [9.17, 15) is 14.7 Å². The molecule has 4 rings (SSSR count). The maximum atomic E-state index is 13.4. The van der Waals surface area contributed by atoms with Crippen LogP contribution in [0.3, 0.4) is 0 Å². The maximum absolute atomic E-state index is 13.4. The van der Waals surface area contributed by atoms with Crippen molar-refractivity contribution in [3.63, 3.8) is 0 Å². The number of hydrogen-bond donors (Lipinski definition) is 1. The van der Waals surface area contributed by atoms with E-state index in [0.29, 0.717) is 26.2 Å². The van der Waals surface area contributed by atoms with Crippen LogP contribution in [0.5, 0.6) is 5.75 Å². The topological polar surface area (TPSA) is 80.9 Å². The Bertz CT molecular complexity index is 1360. The van der Waals surface area contributed by atoms with Crippen LogP contribution in [0.15, 0.2) is 74.1 Å². The molecule has 1 atom stereocenters. The van der Waals surface area contributed by atoms with Crippen LogP contribution in [-0.2, 0) is 9.53 Å². The van der Waals surface area contributed by atoms with Crippen LogP contribution in [0.1, 0.15) is 24.1 Å². The number of fused-ring (bicyclic) bond motifs is 1. The molecular formula is C22H17BrN2O4S. The summed E-state index contributed by atoms with van der Waals surface area (Å²) in [6.45, 7) is 1.74. The molecule has 0 amide bonds. The lowest BCUT2D eigenvalue weighted by Crippen LogP contribution is -2.39. The second-order valence-corrected chi connectivity index (χ2v) is 8.61. The van der Waals surface area contributed by atoms with Crippen LogP contribution in [-0.4, -0.2) is 22.8 Å². The van der Waals surface area contributed by atoms with Crippen molar-refractivity contribution in [3.05, 3.63) is 95.1 Å². The smallest absolute Gasteiger partial charge is 0.338 e. The molecule has 0 bridgehead atoms. The highest BCUT2D eigenvalue weighted by Gasteiger charge is 2.32. The number of aromatic hydroxyl groups is 1. The SMILES string of the molecule is COC(=O)C1=C(C)N=c2s/c(=C\c3cc(Br)ccc3O)c(=O)n2[C@H]1c1ccccc1. The van der Waals surface area contributed by atoms with Gasteiger partial charge in [0, 0.05) is 10.0 Å². The van der Waals surface area contributed by atoms with Crippen molar-refractivity contribution in [2.24, 2.45) is 4.99 Å². The van der Waals surface area contributed by atoms with E-state index in [1.165, 1.54) is 23.0 Å². The van der Waals surface area contributed by atoms with Gasteiger partial charge < -0.3 is 9.84 Å². The lowest BCUT2D eigenvalue weighted by atomic mass is 9.96. The summed E-state index contributed by atoms with van der Waals surface area (Å²) in [5.41, 5.74) is 1.84. The number of halogens is 1. The summed E-state index contributed by atoms with van der Waals surface area (Å²) in [5.74, 6) is -0.459. The fraction of sp³-hybridized carbons (Fsp3) is 0.136. The number of aromatic nitrogens is 1. The Morgan fingerprint density at radius 2 is 2.00 bits per heavy atom. The highest BCUT2D eigenvalue weighted by Crippen LogP contribution is 2.30. The van der Waals surface area contributed by atoms with Crippen molar-refractivity contribution < 1.29 is 14.6 Å². The number of thiazole rings is 1. The average molecular weight is 485 g/mol. The van der Waals surface area contributed by atoms with E-state index in [2.05, 4.69) is 20.9 Å². The first-order chi connectivity index (χ1) is 14.4. The van der Waals surface area contributed by atoms with Crippen LogP contribution in [0.4, 0.5) is 0 Å². The Morgan fingerprint density at radius 3 is 2.70 bits per heavy atom. The number of phenols is 1. The molecule has 0 saturated carbocycles. The third kappa shape index (κ3) is 3.53. The number of benzene rings is 2. The molecule has 2 aromatic carbocycles. The summed E-state index contributed by atoms with van der Waals surface area (Å²) >= 11 is 4.59. The molecule has 1 aromatic heterocycles. The van der Waals surface area contributed by atoms with Crippen molar-refractivity contribution in [2.75, 3.05) is 7.11 Å². The van der Waals surface area contributed by atoms with E-state index in [0.717, 1.165) is 10.0 Å². The van der Waals surface area contributed by atoms with E-state index in [4.69, 9.17) is 4.74 Å². The molecule has 3 aromatic rings. The summed E-state index contributed by atoms with van der Waals surface area (Å²) in [5, 5.41) is 10.2. The summed E-state index contributed by atoms with van der Waals surface area (Å²) in [7, 11) is 1.31. The molecule has 30 heavy (non-hydrogen) atoms. The van der Waals surface area contributed by atoms with Gasteiger partial charge in [-0.25, -0.2) is 9.79 Å². The van der Waals surface area contributed by atoms with E-state index in [-0.39, 0.29) is 11.3 Å². The quantitative estimate of drug-likeness (QED) is 0.579. The number of phenolic OH excluding ortho intramolecular Hbond substituents is 1. The molecule has 8 heteroatoms. The number of esters is 1. The largest absolute Gasteiger partial charge is 0.507 e. The zero-order chi connectivity index (χ0) is 21.4. The zero-order valence-corrected chi connectivity index (χ0v) is 18.5. The van der Waals surface area contributed by atoms with E-state index >= 15 is 0 Å². The average Bonchev–Trinajstić information content (AvgIpc) is 3.04. The number of ether oxygens (including phenoxy) is 1. The minimum absolute atomic E-state index is 0.0649. The van der Waals surface area contributed by atoms with Gasteiger partial charge in [-0.15, -0.1) is 0 Å². The van der Waals surface area contributed by atoms with Gasteiger partial charge in [0.1, 0.15) is 5.75 Å². The predicted octanol–water partition coefficient (Wildman–Crippen LogP) is 2.88. The minimum atomic E-state index is -0.645. The first-order valence-corrected chi connectivity index (χ1v) is 10.7. The normalized spacial score (nSPS) is 16.2. The van der Waals surface area contributed by atoms with Crippen LogP contribution < -0.4 is 14.9 Å². The Labute approximate surface area is 184 Å². The standard InChI is InChI=1S/C22H17BrN2O4S/c1-12-18(21(28)29-2)19(13-6-4-3-5-7-13)25-20(27)17(30-22(25)24-12)11-14-10-15(23)8-9-16(14)26/h3-11,19,26H,1-2H3/b17-11-/t19-/m0/s1. The van der Waals surface area contributed by atoms with Gasteiger partial charge in [-0.1, -0.05) is 57.6 Å². The van der Waals surface area contributed by atoms with Gasteiger partial charge in [-0.3, -0.25) is 9.36 Å². The number of rotatable bonds is 3. The van der Waals surface area contributed by atoms with Crippen LogP contribution in [0, 0.1) is 0 Å². The number of allylic oxidation sites excluding steroid dienone is 1. The maximum Gasteiger partial charge on any atom is 0.338 e. The fourth-order valence-electron chi connectivity index (χ4n) is 3.43. The first kappa shape index (κ1) is 20.3. The van der Waals surface area contributed by atoms with Crippen LogP contribution >= 0.6 is 27.3 Å². The molecule has 0 saturated heterocycles. The fourth-order valence-corrected chi connectivity index (χ4v) is 4.84. The van der Waals surface area contributed by atoms with Gasteiger partial charge in [0.05, 0.1) is 29.0 Å². The molecule has 0 fully saturated rings. The van der Waals surface area contributed by atoms with E-state index in [1.54, 1.807) is 31.2 Å². The molecular weight excluding hydrogens is 468 g/mol. The van der Waals surface area contributed by atoms with Gasteiger partial charge in [0.15, 0.2) is 4.80 Å². The minimum Gasteiger partial charge on any atom is -0.507 e. The third-order valence-corrected chi connectivity index (χ3v) is 6.29. The Balaban J connectivity index is 2.00. The van der Waals surface area contributed by atoms with Crippen molar-refractivity contribution in [3.8, 4) is 5.75 Å². The molecule has 1 aliphatic rings. The van der Waals surface area contributed by atoms with Gasteiger partial charge in [0.25, 0.3) is 5.56 Å². The second-order valence-electron chi connectivity index (χ2n) is 6.69.